The van der Waals surface area contributed by atoms with Crippen molar-refractivity contribution >= 4 is 23.1 Å². The highest BCUT2D eigenvalue weighted by atomic mass is 16.5. The van der Waals surface area contributed by atoms with Crippen molar-refractivity contribution in [3.8, 4) is 0 Å². The van der Waals surface area contributed by atoms with Crippen molar-refractivity contribution in [2.45, 2.75) is 12.5 Å². The lowest BCUT2D eigenvalue weighted by molar-refractivity contribution is -0.109. The average Bonchev–Trinajstić information content (AvgIpc) is 2.61. The van der Waals surface area contributed by atoms with Crippen molar-refractivity contribution in [2.75, 3.05) is 26.3 Å². The Bertz CT molecular complexity index is 695. The first-order valence-corrected chi connectivity index (χ1v) is 7.82. The van der Waals surface area contributed by atoms with E-state index in [0.29, 0.717) is 32.7 Å². The van der Waals surface area contributed by atoms with E-state index in [0.717, 1.165) is 22.6 Å². The number of fused-ring (bicyclic) bond motifs is 1. The van der Waals surface area contributed by atoms with Crippen LogP contribution in [0.2, 0.25) is 0 Å². The lowest BCUT2D eigenvalue weighted by Crippen LogP contribution is -2.50. The quantitative estimate of drug-likeness (QED) is 0.878. The maximum Gasteiger partial charge on any atom is 0.318 e. The Labute approximate surface area is 135 Å². The lowest BCUT2D eigenvalue weighted by Gasteiger charge is -2.28. The smallest absolute Gasteiger partial charge is 0.318 e. The van der Waals surface area contributed by atoms with E-state index < -0.39 is 6.04 Å². The highest BCUT2D eigenvalue weighted by Crippen LogP contribution is 2.16. The maximum atomic E-state index is 12.2. The zero-order valence-corrected chi connectivity index (χ0v) is 12.9. The van der Waals surface area contributed by atoms with Gasteiger partial charge in [0.25, 0.3) is 0 Å². The average molecular weight is 312 g/mol. The van der Waals surface area contributed by atoms with E-state index in [1.54, 1.807) is 4.90 Å². The van der Waals surface area contributed by atoms with Crippen LogP contribution in [0, 0.1) is 0 Å². The molecule has 1 heterocycles. The Morgan fingerprint density at radius 3 is 2.65 bits per heavy atom. The van der Waals surface area contributed by atoms with Crippen LogP contribution in [0.3, 0.4) is 0 Å². The Kier molecular flexibility index (Phi) is 4.88. The molecule has 2 aromatic rings. The van der Waals surface area contributed by atoms with Crippen molar-refractivity contribution in [1.29, 1.82) is 0 Å². The van der Waals surface area contributed by atoms with Gasteiger partial charge in [-0.15, -0.1) is 0 Å². The number of urea groups is 1. The van der Waals surface area contributed by atoms with Gasteiger partial charge in [0, 0.05) is 13.1 Å². The first-order valence-electron chi connectivity index (χ1n) is 7.82. The molecule has 1 atom stereocenters. The molecule has 5 nitrogen and oxygen atoms in total. The minimum absolute atomic E-state index is 0.203. The number of nitrogens with one attached hydrogen (secondary N) is 1. The zero-order valence-electron chi connectivity index (χ0n) is 12.9. The first kappa shape index (κ1) is 15.5. The van der Waals surface area contributed by atoms with Gasteiger partial charge in [-0.1, -0.05) is 42.5 Å². The fourth-order valence-corrected chi connectivity index (χ4v) is 2.77. The molecule has 0 aliphatic carbocycles. The third-order valence-electron chi connectivity index (χ3n) is 4.04. The Morgan fingerprint density at radius 1 is 1.17 bits per heavy atom. The van der Waals surface area contributed by atoms with Gasteiger partial charge in [0.15, 0.2) is 0 Å². The van der Waals surface area contributed by atoms with Gasteiger partial charge < -0.3 is 19.7 Å². The predicted molar refractivity (Wildman–Crippen MR) is 88.4 cm³/mol. The molecule has 0 radical (unpaired) electrons. The summed E-state index contributed by atoms with van der Waals surface area (Å²) in [6.07, 6.45) is 1.29. The van der Waals surface area contributed by atoms with Gasteiger partial charge in [-0.2, -0.15) is 0 Å². The number of carbonyl (C=O) groups is 2. The standard InChI is InChI=1S/C18H20N2O3/c21-13-17(19-18(22)20-7-9-23-10-8-20)12-14-5-6-15-3-1-2-4-16(15)11-14/h1-6,11,13,17H,7-10,12H2,(H,19,22)/t17-/m0/s1. The number of hydrogen-bond donors (Lipinski definition) is 1. The number of amides is 2. The van der Waals surface area contributed by atoms with Gasteiger partial charge in [-0.25, -0.2) is 4.79 Å². The summed E-state index contributed by atoms with van der Waals surface area (Å²) in [6.45, 7) is 2.22. The second kappa shape index (κ2) is 7.24. The molecular weight excluding hydrogens is 292 g/mol. The third-order valence-corrected chi connectivity index (χ3v) is 4.04. The van der Waals surface area contributed by atoms with Gasteiger partial charge in [-0.3, -0.25) is 0 Å². The third kappa shape index (κ3) is 3.87. The van der Waals surface area contributed by atoms with Crippen LogP contribution in [0.4, 0.5) is 4.79 Å². The van der Waals surface area contributed by atoms with Crippen molar-refractivity contribution in [3.63, 3.8) is 0 Å². The molecule has 0 bridgehead atoms. The normalized spacial score (nSPS) is 16.1. The minimum atomic E-state index is -0.522. The predicted octanol–water partition coefficient (Wildman–Crippen LogP) is 1.99. The van der Waals surface area contributed by atoms with Gasteiger partial charge in [0.2, 0.25) is 0 Å². The Balaban J connectivity index is 1.65. The van der Waals surface area contributed by atoms with Crippen LogP contribution in [-0.4, -0.2) is 49.6 Å². The van der Waals surface area contributed by atoms with Gasteiger partial charge in [-0.05, 0) is 22.8 Å². The number of aldehydes is 1. The topological polar surface area (TPSA) is 58.6 Å². The highest BCUT2D eigenvalue weighted by Gasteiger charge is 2.20. The largest absolute Gasteiger partial charge is 0.378 e. The molecule has 0 unspecified atom stereocenters. The summed E-state index contributed by atoms with van der Waals surface area (Å²) in [7, 11) is 0. The summed E-state index contributed by atoms with van der Waals surface area (Å²) in [5.74, 6) is 0. The van der Waals surface area contributed by atoms with Gasteiger partial charge >= 0.3 is 6.03 Å². The molecule has 3 rings (SSSR count). The summed E-state index contributed by atoms with van der Waals surface area (Å²) in [6, 6.07) is 13.5. The molecule has 1 fully saturated rings. The van der Waals surface area contributed by atoms with Crippen LogP contribution in [0.25, 0.3) is 10.8 Å². The number of hydrogen-bond acceptors (Lipinski definition) is 3. The summed E-state index contributed by atoms with van der Waals surface area (Å²) in [5.41, 5.74) is 1.03. The second-order valence-electron chi connectivity index (χ2n) is 5.68. The zero-order chi connectivity index (χ0) is 16.1. The van der Waals surface area contributed by atoms with Gasteiger partial charge in [0.05, 0.1) is 19.3 Å². The van der Waals surface area contributed by atoms with E-state index in [9.17, 15) is 9.59 Å². The van der Waals surface area contributed by atoms with Crippen LogP contribution in [0.5, 0.6) is 0 Å². The highest BCUT2D eigenvalue weighted by molar-refractivity contribution is 5.83. The van der Waals surface area contributed by atoms with Crippen molar-refractivity contribution < 1.29 is 14.3 Å². The van der Waals surface area contributed by atoms with Crippen molar-refractivity contribution in [2.24, 2.45) is 0 Å². The molecule has 120 valence electrons. The molecular formula is C18H20N2O3. The van der Waals surface area contributed by atoms with Crippen molar-refractivity contribution in [3.05, 3.63) is 48.0 Å². The summed E-state index contributed by atoms with van der Waals surface area (Å²) < 4.78 is 5.23. The second-order valence-corrected chi connectivity index (χ2v) is 5.68. The molecule has 0 spiro atoms. The van der Waals surface area contributed by atoms with Crippen LogP contribution in [0.1, 0.15) is 5.56 Å². The Hall–Kier alpha value is -2.40. The fourth-order valence-electron chi connectivity index (χ4n) is 2.77. The van der Waals surface area contributed by atoms with Gasteiger partial charge in [0.1, 0.15) is 6.29 Å². The fraction of sp³-hybridized carbons (Fsp3) is 0.333. The van der Waals surface area contributed by atoms with Crippen LogP contribution in [-0.2, 0) is 16.0 Å². The molecule has 1 N–H and O–H groups in total. The SMILES string of the molecule is O=C[C@H](Cc1ccc2ccccc2c1)NC(=O)N1CCOCC1. The number of carbonyl (C=O) groups excluding carboxylic acids is 2. The van der Waals surface area contributed by atoms with E-state index >= 15 is 0 Å². The first-order chi connectivity index (χ1) is 11.3. The molecule has 0 aromatic heterocycles. The molecule has 2 amide bonds. The minimum Gasteiger partial charge on any atom is -0.378 e. The Morgan fingerprint density at radius 2 is 1.91 bits per heavy atom. The number of benzene rings is 2. The van der Waals surface area contributed by atoms with E-state index in [1.807, 2.05) is 30.3 Å². The summed E-state index contributed by atoms with van der Waals surface area (Å²) >= 11 is 0. The monoisotopic (exact) mass is 312 g/mol. The molecule has 5 heteroatoms. The molecule has 23 heavy (non-hydrogen) atoms. The lowest BCUT2D eigenvalue weighted by atomic mass is 10.0. The van der Waals surface area contributed by atoms with Crippen LogP contribution in [0.15, 0.2) is 42.5 Å². The van der Waals surface area contributed by atoms with E-state index in [-0.39, 0.29) is 6.03 Å². The number of morpholine rings is 1. The summed E-state index contributed by atoms with van der Waals surface area (Å²) in [4.78, 5) is 25.2. The molecule has 1 aliphatic heterocycles. The molecule has 2 aromatic carbocycles. The van der Waals surface area contributed by atoms with Crippen LogP contribution < -0.4 is 5.32 Å². The molecule has 0 saturated carbocycles. The van der Waals surface area contributed by atoms with E-state index in [1.165, 1.54) is 0 Å². The summed E-state index contributed by atoms with van der Waals surface area (Å²) in [5, 5.41) is 5.09. The number of rotatable bonds is 4. The molecule has 1 aliphatic rings. The van der Waals surface area contributed by atoms with Crippen LogP contribution >= 0.6 is 0 Å². The number of nitrogens with zero attached hydrogens (tertiary/aromatic N) is 1. The van der Waals surface area contributed by atoms with Crippen molar-refractivity contribution in [1.82, 2.24) is 10.2 Å². The van der Waals surface area contributed by atoms with E-state index in [4.69, 9.17) is 4.74 Å². The maximum absolute atomic E-state index is 12.2. The molecule has 1 saturated heterocycles. The number of ether oxygens (including phenoxy) is 1. The van der Waals surface area contributed by atoms with E-state index in [2.05, 4.69) is 17.4 Å².